The number of hydrogen-bond acceptors (Lipinski definition) is 7. The molecule has 1 aromatic heterocycles. The summed E-state index contributed by atoms with van der Waals surface area (Å²) >= 11 is 2.57. The normalized spacial score (nSPS) is 11.8. The van der Waals surface area contributed by atoms with Gasteiger partial charge in [0.2, 0.25) is 5.91 Å². The third-order valence-electron chi connectivity index (χ3n) is 9.00. The number of ether oxygens (including phenoxy) is 1. The minimum atomic E-state index is -0.730. The van der Waals surface area contributed by atoms with Gasteiger partial charge in [0.25, 0.3) is 11.8 Å². The summed E-state index contributed by atoms with van der Waals surface area (Å²) in [4.78, 5) is 55.4. The van der Waals surface area contributed by atoms with Gasteiger partial charge in [-0.3, -0.25) is 14.4 Å². The number of hydrogen-bond donors (Lipinski definition) is 3. The fraction of sp³-hybridized carbons (Fsp3) is 0.149. The fourth-order valence-corrected chi connectivity index (χ4v) is 7.99. The summed E-state index contributed by atoms with van der Waals surface area (Å²) in [5, 5.41) is 10.3. The lowest BCUT2D eigenvalue weighted by Crippen LogP contribution is -2.30. The number of nitrogens with one attached hydrogen (secondary N) is 3. The van der Waals surface area contributed by atoms with E-state index in [1.165, 1.54) is 23.1 Å². The van der Waals surface area contributed by atoms with Crippen molar-refractivity contribution < 1.29 is 23.9 Å². The molecular formula is C47H43N3O5S2. The first-order valence-corrected chi connectivity index (χ1v) is 20.3. The zero-order valence-electron chi connectivity index (χ0n) is 32.1. The fourth-order valence-electron chi connectivity index (χ4n) is 5.95. The number of amides is 3. The standard InChI is InChI=1S/C47H43N3O5S2/c1-5-55-47(54)41-39(34-23-19-31(4)20-24-34)29-56-46(41)50-45(53)42(35-13-8-6-9-14-35)57-38-18-12-17-37(28-38)48-44(52)40(49-43(51)36-15-10-7-11-16-36)27-32-21-25-33(26-22-32)30(2)3/h6-30,42H,5H2,1-4H3,(H,48,52)(H,49,51)(H,50,53)/b40-27+. The van der Waals surface area contributed by atoms with Gasteiger partial charge in [0.15, 0.2) is 0 Å². The summed E-state index contributed by atoms with van der Waals surface area (Å²) in [5.74, 6) is -1.44. The number of esters is 1. The SMILES string of the molecule is CCOC(=O)c1c(-c2ccc(C)cc2)csc1NC(=O)C(Sc1cccc(NC(=O)/C(=C\c2ccc(C(C)C)cc2)NC(=O)c2ccccc2)c1)c1ccccc1. The van der Waals surface area contributed by atoms with Crippen LogP contribution in [-0.4, -0.2) is 30.3 Å². The van der Waals surface area contributed by atoms with Gasteiger partial charge in [-0.05, 0) is 78.4 Å². The zero-order valence-corrected chi connectivity index (χ0v) is 33.7. The first-order chi connectivity index (χ1) is 27.6. The molecule has 0 radical (unpaired) electrons. The van der Waals surface area contributed by atoms with Crippen LogP contribution >= 0.6 is 23.1 Å². The summed E-state index contributed by atoms with van der Waals surface area (Å²) in [5.41, 5.74) is 6.53. The highest BCUT2D eigenvalue weighted by Gasteiger charge is 2.28. The Morgan fingerprint density at radius 2 is 1.46 bits per heavy atom. The Morgan fingerprint density at radius 3 is 2.12 bits per heavy atom. The minimum absolute atomic E-state index is 0.0686. The molecule has 3 amide bonds. The molecule has 0 aliphatic heterocycles. The van der Waals surface area contributed by atoms with Crippen LogP contribution in [0.25, 0.3) is 17.2 Å². The lowest BCUT2D eigenvalue weighted by atomic mass is 10.0. The van der Waals surface area contributed by atoms with Gasteiger partial charge in [0.05, 0.1) is 6.61 Å². The molecule has 0 aliphatic carbocycles. The van der Waals surface area contributed by atoms with Crippen molar-refractivity contribution in [3.05, 3.63) is 178 Å². The number of thiophene rings is 1. The molecular weight excluding hydrogens is 751 g/mol. The largest absolute Gasteiger partial charge is 0.462 e. The molecule has 5 aromatic carbocycles. The van der Waals surface area contributed by atoms with Gasteiger partial charge in [-0.2, -0.15) is 0 Å². The summed E-state index contributed by atoms with van der Waals surface area (Å²) < 4.78 is 5.44. The molecule has 10 heteroatoms. The third-order valence-corrected chi connectivity index (χ3v) is 11.1. The number of thioether (sulfide) groups is 1. The lowest BCUT2D eigenvalue weighted by molar-refractivity contribution is -0.116. The third kappa shape index (κ3) is 10.5. The van der Waals surface area contributed by atoms with E-state index < -0.39 is 23.0 Å². The van der Waals surface area contributed by atoms with Crippen LogP contribution in [0.5, 0.6) is 0 Å². The number of rotatable bonds is 14. The molecule has 6 aromatic rings. The molecule has 1 atom stereocenters. The molecule has 288 valence electrons. The molecule has 0 saturated carbocycles. The maximum absolute atomic E-state index is 14.2. The predicted molar refractivity (Wildman–Crippen MR) is 232 cm³/mol. The maximum Gasteiger partial charge on any atom is 0.341 e. The molecule has 1 heterocycles. The second-order valence-electron chi connectivity index (χ2n) is 13.5. The molecule has 0 saturated heterocycles. The van der Waals surface area contributed by atoms with Crippen LogP contribution < -0.4 is 16.0 Å². The number of carbonyl (C=O) groups excluding carboxylic acids is 4. The molecule has 8 nitrogen and oxygen atoms in total. The zero-order chi connectivity index (χ0) is 40.3. The first kappa shape index (κ1) is 40.4. The minimum Gasteiger partial charge on any atom is -0.462 e. The summed E-state index contributed by atoms with van der Waals surface area (Å²) in [6.45, 7) is 8.15. The van der Waals surface area contributed by atoms with Crippen molar-refractivity contribution in [3.63, 3.8) is 0 Å². The average molecular weight is 794 g/mol. The Balaban J connectivity index is 1.26. The van der Waals surface area contributed by atoms with Gasteiger partial charge in [-0.15, -0.1) is 23.1 Å². The van der Waals surface area contributed by atoms with Crippen molar-refractivity contribution in [2.45, 2.75) is 43.8 Å². The Morgan fingerprint density at radius 1 is 0.772 bits per heavy atom. The Kier molecular flexibility index (Phi) is 13.5. The summed E-state index contributed by atoms with van der Waals surface area (Å²) in [6.07, 6.45) is 1.65. The van der Waals surface area contributed by atoms with E-state index >= 15 is 0 Å². The second kappa shape index (κ2) is 19.1. The summed E-state index contributed by atoms with van der Waals surface area (Å²) in [6, 6.07) is 40.9. The topological polar surface area (TPSA) is 114 Å². The van der Waals surface area contributed by atoms with Crippen molar-refractivity contribution >= 4 is 63.6 Å². The van der Waals surface area contributed by atoms with E-state index in [2.05, 4.69) is 29.8 Å². The number of aryl methyl sites for hydroxylation is 1. The highest BCUT2D eigenvalue weighted by Crippen LogP contribution is 2.40. The van der Waals surface area contributed by atoms with E-state index in [0.717, 1.165) is 27.8 Å². The van der Waals surface area contributed by atoms with E-state index in [-0.39, 0.29) is 18.2 Å². The van der Waals surface area contributed by atoms with E-state index in [0.29, 0.717) is 38.2 Å². The van der Waals surface area contributed by atoms with E-state index in [1.54, 1.807) is 55.5 Å². The summed E-state index contributed by atoms with van der Waals surface area (Å²) in [7, 11) is 0. The maximum atomic E-state index is 14.2. The molecule has 57 heavy (non-hydrogen) atoms. The van der Waals surface area contributed by atoms with Crippen molar-refractivity contribution in [2.24, 2.45) is 0 Å². The van der Waals surface area contributed by atoms with Gasteiger partial charge in [0, 0.05) is 27.1 Å². The highest BCUT2D eigenvalue weighted by molar-refractivity contribution is 8.00. The first-order valence-electron chi connectivity index (χ1n) is 18.6. The van der Waals surface area contributed by atoms with Gasteiger partial charge in [-0.25, -0.2) is 4.79 Å². The van der Waals surface area contributed by atoms with Crippen LogP contribution in [0, 0.1) is 6.92 Å². The van der Waals surface area contributed by atoms with Gasteiger partial charge in [-0.1, -0.05) is 123 Å². The quantitative estimate of drug-likeness (QED) is 0.0575. The van der Waals surface area contributed by atoms with Crippen LogP contribution in [0.4, 0.5) is 10.7 Å². The van der Waals surface area contributed by atoms with Gasteiger partial charge >= 0.3 is 5.97 Å². The lowest BCUT2D eigenvalue weighted by Gasteiger charge is -2.18. The second-order valence-corrected chi connectivity index (χ2v) is 15.6. The average Bonchev–Trinajstić information content (AvgIpc) is 3.64. The van der Waals surface area contributed by atoms with Crippen molar-refractivity contribution in [3.8, 4) is 11.1 Å². The smallest absolute Gasteiger partial charge is 0.341 e. The molecule has 0 aliphatic rings. The molecule has 0 spiro atoms. The van der Waals surface area contributed by atoms with Crippen molar-refractivity contribution in [2.75, 3.05) is 17.2 Å². The van der Waals surface area contributed by atoms with E-state index in [4.69, 9.17) is 4.74 Å². The van der Waals surface area contributed by atoms with Crippen LogP contribution in [0.1, 0.15) is 74.9 Å². The van der Waals surface area contributed by atoms with Crippen LogP contribution in [-0.2, 0) is 14.3 Å². The van der Waals surface area contributed by atoms with Crippen LogP contribution in [0.3, 0.4) is 0 Å². The monoisotopic (exact) mass is 793 g/mol. The van der Waals surface area contributed by atoms with Crippen LogP contribution in [0.2, 0.25) is 0 Å². The van der Waals surface area contributed by atoms with E-state index in [1.807, 2.05) is 103 Å². The molecule has 1 unspecified atom stereocenters. The molecule has 6 rings (SSSR count). The van der Waals surface area contributed by atoms with Gasteiger partial charge < -0.3 is 20.7 Å². The molecule has 3 N–H and O–H groups in total. The van der Waals surface area contributed by atoms with Crippen molar-refractivity contribution in [1.82, 2.24) is 5.32 Å². The number of carbonyl (C=O) groups is 4. The molecule has 0 bridgehead atoms. The Labute approximate surface area is 341 Å². The number of anilines is 2. The van der Waals surface area contributed by atoms with Crippen molar-refractivity contribution in [1.29, 1.82) is 0 Å². The predicted octanol–water partition coefficient (Wildman–Crippen LogP) is 10.9. The van der Waals surface area contributed by atoms with Gasteiger partial charge in [0.1, 0.15) is 21.5 Å². The molecule has 0 fully saturated rings. The van der Waals surface area contributed by atoms with E-state index in [9.17, 15) is 19.2 Å². The van der Waals surface area contributed by atoms with Crippen LogP contribution in [0.15, 0.2) is 149 Å². The Bertz CT molecular complexity index is 2370. The Hall–Kier alpha value is -6.23. The number of benzene rings is 5. The highest BCUT2D eigenvalue weighted by atomic mass is 32.2.